The fourth-order valence-electron chi connectivity index (χ4n) is 2.34. The summed E-state index contributed by atoms with van der Waals surface area (Å²) >= 11 is 0. The van der Waals surface area contributed by atoms with Crippen LogP contribution in [0.25, 0.3) is 0 Å². The lowest BCUT2D eigenvalue weighted by Crippen LogP contribution is -2.27. The maximum Gasteiger partial charge on any atom is 0.255 e. The number of carbonyl (C=O) groups excluding carboxylic acids is 1. The highest BCUT2D eigenvalue weighted by Crippen LogP contribution is 2.24. The number of carbonyl (C=O) groups is 1. The Balaban J connectivity index is 2.22. The minimum absolute atomic E-state index is 0.166. The molecule has 0 saturated carbocycles. The molecule has 0 aliphatic heterocycles. The van der Waals surface area contributed by atoms with Crippen LogP contribution >= 0.6 is 0 Å². The number of ether oxygens (including phenoxy) is 1. The third kappa shape index (κ3) is 3.18. The monoisotopic (exact) mass is 288 g/mol. The van der Waals surface area contributed by atoms with Gasteiger partial charge in [0.05, 0.1) is 18.7 Å². The molecule has 0 fully saturated rings. The van der Waals surface area contributed by atoms with Crippen LogP contribution in [0.1, 0.15) is 40.4 Å². The van der Waals surface area contributed by atoms with E-state index in [0.29, 0.717) is 17.0 Å². The summed E-state index contributed by atoms with van der Waals surface area (Å²) in [7, 11) is 1.52. The van der Waals surface area contributed by atoms with E-state index in [1.807, 2.05) is 26.8 Å². The number of hydrogen-bond donors (Lipinski definition) is 2. The fourth-order valence-corrected chi connectivity index (χ4v) is 2.34. The highest BCUT2D eigenvalue weighted by Gasteiger charge is 2.18. The second kappa shape index (κ2) is 5.91. The van der Waals surface area contributed by atoms with Crippen molar-refractivity contribution in [2.45, 2.75) is 26.8 Å². The number of furan rings is 1. The summed E-state index contributed by atoms with van der Waals surface area (Å²) in [5, 5.41) is 2.93. The number of hydrogen-bond acceptors (Lipinski definition) is 4. The van der Waals surface area contributed by atoms with Crippen LogP contribution < -0.4 is 15.8 Å². The molecule has 1 heterocycles. The normalized spacial score (nSPS) is 12.0. The zero-order valence-electron chi connectivity index (χ0n) is 12.7. The van der Waals surface area contributed by atoms with Crippen molar-refractivity contribution in [1.29, 1.82) is 0 Å². The van der Waals surface area contributed by atoms with Gasteiger partial charge < -0.3 is 20.2 Å². The van der Waals surface area contributed by atoms with Crippen molar-refractivity contribution in [3.63, 3.8) is 0 Å². The molecule has 1 atom stereocenters. The minimum Gasteiger partial charge on any atom is -0.496 e. The van der Waals surface area contributed by atoms with Gasteiger partial charge in [0.1, 0.15) is 17.3 Å². The maximum atomic E-state index is 12.4. The molecule has 1 aromatic carbocycles. The van der Waals surface area contributed by atoms with Gasteiger partial charge in [-0.15, -0.1) is 0 Å². The zero-order chi connectivity index (χ0) is 15.6. The van der Waals surface area contributed by atoms with E-state index in [1.165, 1.54) is 7.11 Å². The predicted molar refractivity (Wildman–Crippen MR) is 81.5 cm³/mol. The summed E-state index contributed by atoms with van der Waals surface area (Å²) < 4.78 is 10.7. The molecule has 2 aromatic rings. The third-order valence-electron chi connectivity index (χ3n) is 3.36. The van der Waals surface area contributed by atoms with Crippen molar-refractivity contribution in [2.24, 2.45) is 0 Å². The Labute approximate surface area is 124 Å². The Hall–Kier alpha value is -2.43. The van der Waals surface area contributed by atoms with Crippen LogP contribution in [-0.2, 0) is 0 Å². The molecule has 1 aromatic heterocycles. The molecule has 0 bridgehead atoms. The number of nitrogens with one attached hydrogen (secondary N) is 1. The Morgan fingerprint density at radius 1 is 1.33 bits per heavy atom. The average Bonchev–Trinajstić information content (AvgIpc) is 2.77. The van der Waals surface area contributed by atoms with E-state index in [4.69, 9.17) is 14.9 Å². The lowest BCUT2D eigenvalue weighted by Gasteiger charge is -2.15. The molecule has 1 unspecified atom stereocenters. The zero-order valence-corrected chi connectivity index (χ0v) is 12.7. The van der Waals surface area contributed by atoms with Crippen LogP contribution in [0.3, 0.4) is 0 Å². The Morgan fingerprint density at radius 2 is 2.05 bits per heavy atom. The van der Waals surface area contributed by atoms with Crippen molar-refractivity contribution in [3.05, 3.63) is 46.9 Å². The van der Waals surface area contributed by atoms with Crippen LogP contribution in [-0.4, -0.2) is 13.0 Å². The highest BCUT2D eigenvalue weighted by molar-refractivity contribution is 5.98. The van der Waals surface area contributed by atoms with Crippen LogP contribution in [0.2, 0.25) is 0 Å². The van der Waals surface area contributed by atoms with Crippen molar-refractivity contribution in [2.75, 3.05) is 12.8 Å². The van der Waals surface area contributed by atoms with Crippen molar-refractivity contribution in [1.82, 2.24) is 5.32 Å². The molecule has 3 N–H and O–H groups in total. The van der Waals surface area contributed by atoms with E-state index >= 15 is 0 Å². The lowest BCUT2D eigenvalue weighted by atomic mass is 10.1. The van der Waals surface area contributed by atoms with E-state index in [2.05, 4.69) is 5.32 Å². The molecule has 1 amide bonds. The van der Waals surface area contributed by atoms with E-state index in [-0.39, 0.29) is 11.9 Å². The van der Waals surface area contributed by atoms with Crippen molar-refractivity contribution in [3.8, 4) is 5.75 Å². The number of aryl methyl sites for hydroxylation is 2. The third-order valence-corrected chi connectivity index (χ3v) is 3.36. The first-order chi connectivity index (χ1) is 9.92. The van der Waals surface area contributed by atoms with Gasteiger partial charge >= 0.3 is 0 Å². The standard InChI is InChI=1S/C16H20N2O3/c1-9-7-13(11(3)21-9)10(2)18-16(19)14-8-12(17)5-6-15(14)20-4/h5-8,10H,17H2,1-4H3,(H,18,19). The van der Waals surface area contributed by atoms with Gasteiger partial charge in [-0.2, -0.15) is 0 Å². The van der Waals surface area contributed by atoms with Gasteiger partial charge in [0.2, 0.25) is 0 Å². The van der Waals surface area contributed by atoms with Gasteiger partial charge in [-0.3, -0.25) is 4.79 Å². The topological polar surface area (TPSA) is 77.5 Å². The van der Waals surface area contributed by atoms with Crippen molar-refractivity contribution < 1.29 is 13.9 Å². The first-order valence-corrected chi connectivity index (χ1v) is 6.73. The molecular formula is C16H20N2O3. The number of benzene rings is 1. The second-order valence-electron chi connectivity index (χ2n) is 5.02. The number of nitrogens with two attached hydrogens (primary N) is 1. The molecule has 0 aliphatic rings. The summed E-state index contributed by atoms with van der Waals surface area (Å²) in [6.07, 6.45) is 0. The first kappa shape index (κ1) is 15.0. The molecule has 0 saturated heterocycles. The van der Waals surface area contributed by atoms with E-state index in [1.54, 1.807) is 18.2 Å². The first-order valence-electron chi connectivity index (χ1n) is 6.73. The Bertz CT molecular complexity index is 662. The number of nitrogen functional groups attached to an aromatic ring is 1. The molecule has 5 nitrogen and oxygen atoms in total. The highest BCUT2D eigenvalue weighted by atomic mass is 16.5. The molecule has 112 valence electrons. The van der Waals surface area contributed by atoms with E-state index in [0.717, 1.165) is 17.1 Å². The van der Waals surface area contributed by atoms with Gasteiger partial charge in [0, 0.05) is 11.3 Å². The smallest absolute Gasteiger partial charge is 0.255 e. The van der Waals surface area contributed by atoms with Crippen LogP contribution in [0.5, 0.6) is 5.75 Å². The van der Waals surface area contributed by atoms with Gasteiger partial charge in [-0.1, -0.05) is 0 Å². The quantitative estimate of drug-likeness (QED) is 0.848. The van der Waals surface area contributed by atoms with E-state index < -0.39 is 0 Å². The number of methoxy groups -OCH3 is 1. The molecule has 2 rings (SSSR count). The summed E-state index contributed by atoms with van der Waals surface area (Å²) in [6, 6.07) is 6.75. The number of amides is 1. The predicted octanol–water partition coefficient (Wildman–Crippen LogP) is 2.98. The summed E-state index contributed by atoms with van der Waals surface area (Å²) in [5.41, 5.74) is 7.64. The summed E-state index contributed by atoms with van der Waals surface area (Å²) in [5.74, 6) is 1.89. The molecule has 21 heavy (non-hydrogen) atoms. The van der Waals surface area contributed by atoms with E-state index in [9.17, 15) is 4.79 Å². The minimum atomic E-state index is -0.232. The van der Waals surface area contributed by atoms with Gasteiger partial charge in [0.15, 0.2) is 0 Å². The largest absolute Gasteiger partial charge is 0.496 e. The van der Waals surface area contributed by atoms with Gasteiger partial charge in [0.25, 0.3) is 5.91 Å². The van der Waals surface area contributed by atoms with Gasteiger partial charge in [-0.05, 0) is 45.0 Å². The van der Waals surface area contributed by atoms with Crippen LogP contribution in [0.4, 0.5) is 5.69 Å². The Morgan fingerprint density at radius 3 is 2.62 bits per heavy atom. The lowest BCUT2D eigenvalue weighted by molar-refractivity contribution is 0.0936. The van der Waals surface area contributed by atoms with Crippen molar-refractivity contribution >= 4 is 11.6 Å². The van der Waals surface area contributed by atoms with Crippen LogP contribution in [0, 0.1) is 13.8 Å². The maximum absolute atomic E-state index is 12.4. The molecular weight excluding hydrogens is 268 g/mol. The Kier molecular flexibility index (Phi) is 4.21. The molecule has 0 aliphatic carbocycles. The van der Waals surface area contributed by atoms with Gasteiger partial charge in [-0.25, -0.2) is 0 Å². The molecule has 0 radical (unpaired) electrons. The summed E-state index contributed by atoms with van der Waals surface area (Å²) in [6.45, 7) is 5.67. The van der Waals surface area contributed by atoms with Crippen LogP contribution in [0.15, 0.2) is 28.7 Å². The number of anilines is 1. The molecule has 0 spiro atoms. The SMILES string of the molecule is COc1ccc(N)cc1C(=O)NC(C)c1cc(C)oc1C. The summed E-state index contributed by atoms with van der Waals surface area (Å²) in [4.78, 5) is 12.4. The second-order valence-corrected chi connectivity index (χ2v) is 5.02. The number of rotatable bonds is 4. The molecule has 5 heteroatoms. The average molecular weight is 288 g/mol. The fraction of sp³-hybridized carbons (Fsp3) is 0.312.